The molecule has 0 heterocycles. The predicted octanol–water partition coefficient (Wildman–Crippen LogP) is 1.30. The molecule has 1 amide bonds. The average molecular weight is 232 g/mol. The van der Waals surface area contributed by atoms with Crippen molar-refractivity contribution in [1.29, 1.82) is 5.41 Å². The fraction of sp³-hybridized carbons (Fsp3) is 0.167. The Labute approximate surface area is 100 Å². The lowest BCUT2D eigenvalue weighted by Gasteiger charge is -2.09. The standard InChI is InChI=1S/C12H16N4O/c1-8(7-13)11(14)16-10-5-3-4-9(6-10)12(17)15-2/h3-7H,13H2,1-2H3,(H2,14,16)(H,15,17)/b8-7-. The number of carbonyl (C=O) groups excluding carboxylic acids is 1. The molecule has 0 saturated heterocycles. The first kappa shape index (κ1) is 12.8. The van der Waals surface area contributed by atoms with Gasteiger partial charge in [0.05, 0.1) is 0 Å². The number of amidine groups is 1. The van der Waals surface area contributed by atoms with Crippen LogP contribution >= 0.6 is 0 Å². The Hall–Kier alpha value is -2.30. The molecule has 0 spiro atoms. The van der Waals surface area contributed by atoms with E-state index in [9.17, 15) is 4.79 Å². The normalized spacial score (nSPS) is 10.8. The van der Waals surface area contributed by atoms with Gasteiger partial charge in [0, 0.05) is 30.1 Å². The zero-order chi connectivity index (χ0) is 12.8. The third-order valence-electron chi connectivity index (χ3n) is 2.27. The van der Waals surface area contributed by atoms with Crippen LogP contribution in [0.15, 0.2) is 36.0 Å². The van der Waals surface area contributed by atoms with Crippen molar-refractivity contribution in [3.05, 3.63) is 41.6 Å². The summed E-state index contributed by atoms with van der Waals surface area (Å²) in [5, 5.41) is 13.1. The van der Waals surface area contributed by atoms with E-state index in [0.717, 1.165) is 0 Å². The first-order valence-electron chi connectivity index (χ1n) is 5.15. The number of hydrogen-bond acceptors (Lipinski definition) is 3. The van der Waals surface area contributed by atoms with Crippen LogP contribution in [0.2, 0.25) is 0 Å². The van der Waals surface area contributed by atoms with Gasteiger partial charge < -0.3 is 16.4 Å². The van der Waals surface area contributed by atoms with Crippen molar-refractivity contribution in [2.24, 2.45) is 5.73 Å². The minimum Gasteiger partial charge on any atom is -0.404 e. The quantitative estimate of drug-likeness (QED) is 0.467. The van der Waals surface area contributed by atoms with Crippen LogP contribution in [0.4, 0.5) is 5.69 Å². The molecule has 5 N–H and O–H groups in total. The summed E-state index contributed by atoms with van der Waals surface area (Å²) < 4.78 is 0. The Kier molecular flexibility index (Phi) is 4.28. The maximum Gasteiger partial charge on any atom is 0.251 e. The highest BCUT2D eigenvalue weighted by Gasteiger charge is 2.05. The molecule has 0 radical (unpaired) electrons. The third kappa shape index (κ3) is 3.34. The van der Waals surface area contributed by atoms with Gasteiger partial charge in [-0.2, -0.15) is 0 Å². The van der Waals surface area contributed by atoms with Gasteiger partial charge in [0.1, 0.15) is 5.84 Å². The van der Waals surface area contributed by atoms with Gasteiger partial charge in [-0.25, -0.2) is 0 Å². The van der Waals surface area contributed by atoms with Crippen molar-refractivity contribution < 1.29 is 4.79 Å². The van der Waals surface area contributed by atoms with E-state index in [4.69, 9.17) is 11.1 Å². The summed E-state index contributed by atoms with van der Waals surface area (Å²) in [6, 6.07) is 6.92. The number of anilines is 1. The molecule has 17 heavy (non-hydrogen) atoms. The molecule has 0 aliphatic carbocycles. The minimum atomic E-state index is -0.161. The first-order valence-corrected chi connectivity index (χ1v) is 5.15. The van der Waals surface area contributed by atoms with Crippen LogP contribution in [-0.2, 0) is 0 Å². The lowest BCUT2D eigenvalue weighted by atomic mass is 10.2. The first-order chi connectivity index (χ1) is 8.08. The molecule has 0 atom stereocenters. The number of nitrogens with two attached hydrogens (primary N) is 1. The van der Waals surface area contributed by atoms with Gasteiger partial charge in [-0.3, -0.25) is 10.2 Å². The topological polar surface area (TPSA) is 91.0 Å². The summed E-state index contributed by atoms with van der Waals surface area (Å²) >= 11 is 0. The third-order valence-corrected chi connectivity index (χ3v) is 2.27. The van der Waals surface area contributed by atoms with Crippen molar-refractivity contribution >= 4 is 17.4 Å². The highest BCUT2D eigenvalue weighted by Crippen LogP contribution is 2.11. The molecule has 0 saturated carbocycles. The lowest BCUT2D eigenvalue weighted by molar-refractivity contribution is 0.0963. The monoisotopic (exact) mass is 232 g/mol. The van der Waals surface area contributed by atoms with Crippen molar-refractivity contribution in [3.63, 3.8) is 0 Å². The average Bonchev–Trinajstić information content (AvgIpc) is 2.37. The zero-order valence-corrected chi connectivity index (χ0v) is 9.87. The number of hydrogen-bond donors (Lipinski definition) is 4. The molecule has 5 nitrogen and oxygen atoms in total. The van der Waals surface area contributed by atoms with Gasteiger partial charge in [0.2, 0.25) is 0 Å². The molecule has 0 fully saturated rings. The number of amides is 1. The highest BCUT2D eigenvalue weighted by atomic mass is 16.1. The smallest absolute Gasteiger partial charge is 0.251 e. The molecule has 90 valence electrons. The van der Waals surface area contributed by atoms with Crippen LogP contribution in [-0.4, -0.2) is 18.8 Å². The van der Waals surface area contributed by atoms with Crippen molar-refractivity contribution in [1.82, 2.24) is 5.32 Å². The molecule has 1 rings (SSSR count). The molecule has 0 aliphatic rings. The number of nitrogens with one attached hydrogen (secondary N) is 3. The summed E-state index contributed by atoms with van der Waals surface area (Å²) in [6.07, 6.45) is 1.36. The molecule has 5 heteroatoms. The van der Waals surface area contributed by atoms with E-state index < -0.39 is 0 Å². The number of carbonyl (C=O) groups is 1. The molecular weight excluding hydrogens is 216 g/mol. The van der Waals surface area contributed by atoms with Gasteiger partial charge >= 0.3 is 0 Å². The lowest BCUT2D eigenvalue weighted by Crippen LogP contribution is -2.18. The Bertz CT molecular complexity index is 465. The van der Waals surface area contributed by atoms with E-state index in [1.54, 1.807) is 38.2 Å². The zero-order valence-electron chi connectivity index (χ0n) is 9.87. The maximum atomic E-state index is 11.4. The van der Waals surface area contributed by atoms with Crippen LogP contribution in [0.25, 0.3) is 0 Å². The Morgan fingerprint density at radius 1 is 1.47 bits per heavy atom. The fourth-order valence-corrected chi connectivity index (χ4v) is 1.21. The summed E-state index contributed by atoms with van der Waals surface area (Å²) in [6.45, 7) is 1.73. The van der Waals surface area contributed by atoms with E-state index in [0.29, 0.717) is 16.8 Å². The second-order valence-electron chi connectivity index (χ2n) is 3.51. The number of rotatable bonds is 3. The van der Waals surface area contributed by atoms with Gasteiger partial charge in [-0.15, -0.1) is 0 Å². The van der Waals surface area contributed by atoms with Gasteiger partial charge in [0.25, 0.3) is 5.91 Å². The molecular formula is C12H16N4O. The Morgan fingerprint density at radius 3 is 2.76 bits per heavy atom. The second kappa shape index (κ2) is 5.69. The van der Waals surface area contributed by atoms with E-state index in [2.05, 4.69) is 10.6 Å². The predicted molar refractivity (Wildman–Crippen MR) is 69.1 cm³/mol. The van der Waals surface area contributed by atoms with Crippen molar-refractivity contribution in [3.8, 4) is 0 Å². The van der Waals surface area contributed by atoms with Crippen LogP contribution in [0, 0.1) is 5.41 Å². The van der Waals surface area contributed by atoms with E-state index in [1.807, 2.05) is 0 Å². The number of benzene rings is 1. The molecule has 0 aliphatic heterocycles. The molecule has 0 aromatic heterocycles. The van der Waals surface area contributed by atoms with Crippen LogP contribution < -0.4 is 16.4 Å². The maximum absolute atomic E-state index is 11.4. The summed E-state index contributed by atoms with van der Waals surface area (Å²) in [4.78, 5) is 11.4. The van der Waals surface area contributed by atoms with Gasteiger partial charge in [0.15, 0.2) is 0 Å². The largest absolute Gasteiger partial charge is 0.404 e. The second-order valence-corrected chi connectivity index (χ2v) is 3.51. The van der Waals surface area contributed by atoms with Gasteiger partial charge in [-0.1, -0.05) is 6.07 Å². The SMILES string of the molecule is CNC(=O)c1cccc(NC(=N)/C(C)=C\N)c1. The molecule has 0 bridgehead atoms. The summed E-state index contributed by atoms with van der Waals surface area (Å²) in [7, 11) is 1.58. The van der Waals surface area contributed by atoms with E-state index in [-0.39, 0.29) is 11.7 Å². The van der Waals surface area contributed by atoms with Crippen LogP contribution in [0.1, 0.15) is 17.3 Å². The van der Waals surface area contributed by atoms with Crippen LogP contribution in [0.5, 0.6) is 0 Å². The highest BCUT2D eigenvalue weighted by molar-refractivity contribution is 6.06. The van der Waals surface area contributed by atoms with E-state index >= 15 is 0 Å². The minimum absolute atomic E-state index is 0.161. The van der Waals surface area contributed by atoms with Crippen molar-refractivity contribution in [2.45, 2.75) is 6.92 Å². The summed E-state index contributed by atoms with van der Waals surface area (Å²) in [5.41, 5.74) is 7.17. The Balaban J connectivity index is 2.86. The van der Waals surface area contributed by atoms with Gasteiger partial charge in [-0.05, 0) is 25.1 Å². The molecule has 1 aromatic carbocycles. The van der Waals surface area contributed by atoms with E-state index in [1.165, 1.54) is 6.20 Å². The molecule has 1 aromatic rings. The molecule has 0 unspecified atom stereocenters. The van der Waals surface area contributed by atoms with Crippen LogP contribution in [0.3, 0.4) is 0 Å². The Morgan fingerprint density at radius 2 is 2.18 bits per heavy atom. The fourth-order valence-electron chi connectivity index (χ4n) is 1.21. The summed E-state index contributed by atoms with van der Waals surface area (Å²) in [5.74, 6) is 0.0489. The van der Waals surface area contributed by atoms with Crippen molar-refractivity contribution in [2.75, 3.05) is 12.4 Å².